The lowest BCUT2D eigenvalue weighted by Crippen LogP contribution is -1.93. The molecule has 2 N–H and O–H groups in total. The number of halogens is 2. The lowest BCUT2D eigenvalue weighted by atomic mass is 10.2. The van der Waals surface area contributed by atoms with Crippen molar-refractivity contribution < 1.29 is 4.74 Å². The Kier molecular flexibility index (Phi) is 3.54. The van der Waals surface area contributed by atoms with Gasteiger partial charge in [0.05, 0.1) is 11.9 Å². The molecule has 1 aromatic carbocycles. The van der Waals surface area contributed by atoms with Gasteiger partial charge >= 0.3 is 0 Å². The zero-order valence-corrected chi connectivity index (χ0v) is 11.4. The average molecular weight is 314 g/mol. The summed E-state index contributed by atoms with van der Waals surface area (Å²) in [6.07, 6.45) is 1.51. The van der Waals surface area contributed by atoms with E-state index in [9.17, 15) is 0 Å². The van der Waals surface area contributed by atoms with Crippen LogP contribution in [0.3, 0.4) is 0 Å². The number of aryl methyl sites for hydroxylation is 1. The molecule has 0 fully saturated rings. The molecule has 0 saturated carbocycles. The highest BCUT2D eigenvalue weighted by Gasteiger charge is 2.07. The van der Waals surface area contributed by atoms with Crippen molar-refractivity contribution >= 4 is 33.2 Å². The summed E-state index contributed by atoms with van der Waals surface area (Å²) in [5.74, 6) is 1.07. The van der Waals surface area contributed by atoms with E-state index in [1.807, 2.05) is 25.1 Å². The molecule has 0 atom stereocenters. The minimum atomic E-state index is 0.353. The Hall–Kier alpha value is -1.26. The van der Waals surface area contributed by atoms with Crippen molar-refractivity contribution in [1.29, 1.82) is 0 Å². The Morgan fingerprint density at radius 2 is 2.12 bits per heavy atom. The van der Waals surface area contributed by atoms with Crippen LogP contribution in [-0.4, -0.2) is 4.98 Å². The molecule has 0 saturated heterocycles. The Bertz CT molecular complexity index is 511. The fraction of sp³-hybridized carbons (Fsp3) is 0.0833. The summed E-state index contributed by atoms with van der Waals surface area (Å²) in [7, 11) is 0. The third-order valence-electron chi connectivity index (χ3n) is 2.17. The van der Waals surface area contributed by atoms with Crippen LogP contribution in [0.25, 0.3) is 0 Å². The molecular weight excluding hydrogens is 304 g/mol. The minimum absolute atomic E-state index is 0.353. The summed E-state index contributed by atoms with van der Waals surface area (Å²) in [5, 5.41) is 0.396. The van der Waals surface area contributed by atoms with Crippen LogP contribution in [0.4, 0.5) is 5.69 Å². The van der Waals surface area contributed by atoms with E-state index in [-0.39, 0.29) is 0 Å². The van der Waals surface area contributed by atoms with Crippen LogP contribution in [0.1, 0.15) is 5.56 Å². The SMILES string of the molecule is Cc1cc(Br)ccc1Oc1ncc(N)cc1Cl. The van der Waals surface area contributed by atoms with Crippen LogP contribution < -0.4 is 10.5 Å². The molecule has 1 heterocycles. The molecule has 17 heavy (non-hydrogen) atoms. The van der Waals surface area contributed by atoms with Crippen molar-refractivity contribution in [2.45, 2.75) is 6.92 Å². The van der Waals surface area contributed by atoms with Crippen LogP contribution in [-0.2, 0) is 0 Å². The maximum atomic E-state index is 5.99. The first-order valence-electron chi connectivity index (χ1n) is 4.91. The summed E-state index contributed by atoms with van der Waals surface area (Å²) >= 11 is 9.38. The van der Waals surface area contributed by atoms with Gasteiger partial charge in [-0.1, -0.05) is 27.5 Å². The quantitative estimate of drug-likeness (QED) is 0.904. The molecule has 1 aromatic heterocycles. The summed E-state index contributed by atoms with van der Waals surface area (Å²) in [6.45, 7) is 1.95. The summed E-state index contributed by atoms with van der Waals surface area (Å²) in [6, 6.07) is 7.32. The number of nitrogens with zero attached hydrogens (tertiary/aromatic N) is 1. The molecule has 0 radical (unpaired) electrons. The molecule has 0 bridgehead atoms. The van der Waals surface area contributed by atoms with E-state index in [0.717, 1.165) is 10.0 Å². The van der Waals surface area contributed by atoms with E-state index >= 15 is 0 Å². The van der Waals surface area contributed by atoms with Crippen LogP contribution >= 0.6 is 27.5 Å². The van der Waals surface area contributed by atoms with Gasteiger partial charge in [0.2, 0.25) is 5.88 Å². The number of hydrogen-bond acceptors (Lipinski definition) is 3. The normalized spacial score (nSPS) is 10.3. The van der Waals surface area contributed by atoms with Crippen molar-refractivity contribution in [3.8, 4) is 11.6 Å². The van der Waals surface area contributed by atoms with Crippen LogP contribution in [0.5, 0.6) is 11.6 Å². The highest BCUT2D eigenvalue weighted by Crippen LogP contribution is 2.31. The van der Waals surface area contributed by atoms with E-state index in [1.54, 1.807) is 6.07 Å². The van der Waals surface area contributed by atoms with Crippen LogP contribution in [0.15, 0.2) is 34.9 Å². The van der Waals surface area contributed by atoms with E-state index in [2.05, 4.69) is 20.9 Å². The highest BCUT2D eigenvalue weighted by molar-refractivity contribution is 9.10. The summed E-state index contributed by atoms with van der Waals surface area (Å²) < 4.78 is 6.63. The number of rotatable bonds is 2. The lowest BCUT2D eigenvalue weighted by molar-refractivity contribution is 0.460. The number of anilines is 1. The zero-order valence-electron chi connectivity index (χ0n) is 9.08. The van der Waals surface area contributed by atoms with Gasteiger partial charge in [-0.25, -0.2) is 4.98 Å². The molecule has 0 spiro atoms. The Morgan fingerprint density at radius 1 is 1.35 bits per heavy atom. The molecule has 2 aromatic rings. The standard InChI is InChI=1S/C12H10BrClN2O/c1-7-4-8(13)2-3-11(7)17-12-10(14)5-9(15)6-16-12/h2-6H,15H2,1H3. The molecule has 88 valence electrons. The largest absolute Gasteiger partial charge is 0.437 e. The second kappa shape index (κ2) is 4.94. The van der Waals surface area contributed by atoms with Crippen LogP contribution in [0, 0.1) is 6.92 Å². The number of nitrogens with two attached hydrogens (primary N) is 1. The van der Waals surface area contributed by atoms with E-state index in [0.29, 0.717) is 22.3 Å². The first-order valence-corrected chi connectivity index (χ1v) is 6.08. The first kappa shape index (κ1) is 12.2. The number of nitrogen functional groups attached to an aromatic ring is 1. The molecule has 0 unspecified atom stereocenters. The van der Waals surface area contributed by atoms with Gasteiger partial charge in [-0.2, -0.15) is 0 Å². The second-order valence-electron chi connectivity index (χ2n) is 3.57. The Balaban J connectivity index is 2.31. The molecule has 0 aliphatic rings. The topological polar surface area (TPSA) is 48.1 Å². The first-order chi connectivity index (χ1) is 8.06. The fourth-order valence-electron chi connectivity index (χ4n) is 1.35. The number of benzene rings is 1. The van der Waals surface area contributed by atoms with E-state index in [1.165, 1.54) is 6.20 Å². The van der Waals surface area contributed by atoms with E-state index in [4.69, 9.17) is 22.1 Å². The van der Waals surface area contributed by atoms with Crippen molar-refractivity contribution in [1.82, 2.24) is 4.98 Å². The van der Waals surface area contributed by atoms with Gasteiger partial charge in [0, 0.05) is 4.47 Å². The molecule has 0 amide bonds. The monoisotopic (exact) mass is 312 g/mol. The number of aromatic nitrogens is 1. The van der Waals surface area contributed by atoms with Crippen LogP contribution in [0.2, 0.25) is 5.02 Å². The predicted molar refractivity (Wildman–Crippen MR) is 72.6 cm³/mol. The van der Waals surface area contributed by atoms with Gasteiger partial charge in [0.15, 0.2) is 0 Å². The van der Waals surface area contributed by atoms with Gasteiger partial charge < -0.3 is 10.5 Å². The molecule has 0 aliphatic heterocycles. The van der Waals surface area contributed by atoms with Crippen molar-refractivity contribution in [2.24, 2.45) is 0 Å². The number of ether oxygens (including phenoxy) is 1. The maximum Gasteiger partial charge on any atom is 0.238 e. The molecule has 3 nitrogen and oxygen atoms in total. The fourth-order valence-corrected chi connectivity index (χ4v) is 2.04. The van der Waals surface area contributed by atoms with E-state index < -0.39 is 0 Å². The summed E-state index contributed by atoms with van der Waals surface area (Å²) in [5.41, 5.74) is 7.07. The third kappa shape index (κ3) is 2.90. The summed E-state index contributed by atoms with van der Waals surface area (Å²) in [4.78, 5) is 4.05. The van der Waals surface area contributed by atoms with Gasteiger partial charge in [-0.15, -0.1) is 0 Å². The highest BCUT2D eigenvalue weighted by atomic mass is 79.9. The molecule has 0 aliphatic carbocycles. The Morgan fingerprint density at radius 3 is 2.76 bits per heavy atom. The maximum absolute atomic E-state index is 5.99. The Labute approximate surface area is 113 Å². The third-order valence-corrected chi connectivity index (χ3v) is 2.94. The van der Waals surface area contributed by atoms with Crippen molar-refractivity contribution in [3.63, 3.8) is 0 Å². The lowest BCUT2D eigenvalue weighted by Gasteiger charge is -2.09. The van der Waals surface area contributed by atoms with Crippen molar-refractivity contribution in [2.75, 3.05) is 5.73 Å². The second-order valence-corrected chi connectivity index (χ2v) is 4.89. The zero-order chi connectivity index (χ0) is 12.4. The molecular formula is C12H10BrClN2O. The smallest absolute Gasteiger partial charge is 0.238 e. The van der Waals surface area contributed by atoms with Gasteiger partial charge in [0.25, 0.3) is 0 Å². The molecule has 5 heteroatoms. The predicted octanol–water partition coefficient (Wildman–Crippen LogP) is 4.18. The van der Waals surface area contributed by atoms with Gasteiger partial charge in [0.1, 0.15) is 10.8 Å². The molecule has 2 rings (SSSR count). The van der Waals surface area contributed by atoms with Crippen molar-refractivity contribution in [3.05, 3.63) is 45.5 Å². The number of pyridine rings is 1. The van der Waals surface area contributed by atoms with Gasteiger partial charge in [-0.3, -0.25) is 0 Å². The van der Waals surface area contributed by atoms with Gasteiger partial charge in [-0.05, 0) is 36.8 Å². The minimum Gasteiger partial charge on any atom is -0.437 e. The number of hydrogen-bond donors (Lipinski definition) is 1. The average Bonchev–Trinajstić information content (AvgIpc) is 2.25.